The molecular weight excluding hydrogens is 372 g/mol. The Morgan fingerprint density at radius 1 is 1.16 bits per heavy atom. The number of sulfonamides is 1. The van der Waals surface area contributed by atoms with Crippen LogP contribution in [0.4, 0.5) is 11.4 Å². The third-order valence-electron chi connectivity index (χ3n) is 3.16. The minimum atomic E-state index is -4.01. The van der Waals surface area contributed by atoms with Gasteiger partial charge in [0.1, 0.15) is 11.3 Å². The second-order valence-electron chi connectivity index (χ2n) is 4.78. The Morgan fingerprint density at radius 3 is 2.48 bits per heavy atom. The molecule has 1 aromatic heterocycles. The van der Waals surface area contributed by atoms with Crippen LogP contribution in [0.2, 0.25) is 5.02 Å². The van der Waals surface area contributed by atoms with E-state index < -0.39 is 20.6 Å². The van der Waals surface area contributed by atoms with Crippen molar-refractivity contribution in [2.75, 3.05) is 4.72 Å². The SMILES string of the molecule is O=[N+]([O-])c1cc(S(=O)(=O)Nc2ccc(-n3cnnn3)cc2)ccc1Cl. The van der Waals surface area contributed by atoms with E-state index in [4.69, 9.17) is 11.6 Å². The third-order valence-corrected chi connectivity index (χ3v) is 4.86. The topological polar surface area (TPSA) is 133 Å². The maximum Gasteiger partial charge on any atom is 0.289 e. The highest BCUT2D eigenvalue weighted by molar-refractivity contribution is 7.92. The van der Waals surface area contributed by atoms with E-state index in [2.05, 4.69) is 20.2 Å². The number of nitrogens with zero attached hydrogens (tertiary/aromatic N) is 5. The largest absolute Gasteiger partial charge is 0.289 e. The number of anilines is 1. The monoisotopic (exact) mass is 380 g/mol. The molecule has 0 aliphatic rings. The lowest BCUT2D eigenvalue weighted by Gasteiger charge is -2.09. The van der Waals surface area contributed by atoms with Crippen LogP contribution < -0.4 is 4.72 Å². The number of rotatable bonds is 5. The van der Waals surface area contributed by atoms with Gasteiger partial charge in [-0.1, -0.05) is 11.6 Å². The highest BCUT2D eigenvalue weighted by atomic mass is 35.5. The van der Waals surface area contributed by atoms with Gasteiger partial charge in [-0.3, -0.25) is 14.8 Å². The summed E-state index contributed by atoms with van der Waals surface area (Å²) in [6.45, 7) is 0. The van der Waals surface area contributed by atoms with Crippen LogP contribution in [0.1, 0.15) is 0 Å². The van der Waals surface area contributed by atoms with Crippen LogP contribution in [-0.2, 0) is 10.0 Å². The van der Waals surface area contributed by atoms with E-state index in [0.717, 1.165) is 12.1 Å². The maximum atomic E-state index is 12.4. The van der Waals surface area contributed by atoms with Gasteiger partial charge < -0.3 is 0 Å². The zero-order valence-electron chi connectivity index (χ0n) is 12.3. The molecule has 1 N–H and O–H groups in total. The molecule has 0 spiro atoms. The fourth-order valence-corrected chi connectivity index (χ4v) is 3.24. The molecule has 0 saturated carbocycles. The second kappa shape index (κ2) is 6.45. The number of nitrogens with one attached hydrogen (secondary N) is 1. The van der Waals surface area contributed by atoms with Gasteiger partial charge in [-0.2, -0.15) is 0 Å². The van der Waals surface area contributed by atoms with Crippen molar-refractivity contribution in [1.82, 2.24) is 20.2 Å². The highest BCUT2D eigenvalue weighted by Crippen LogP contribution is 2.28. The average molecular weight is 381 g/mol. The number of benzene rings is 2. The predicted octanol–water partition coefficient (Wildman–Crippen LogP) is 2.02. The molecule has 12 heteroatoms. The molecule has 10 nitrogen and oxygen atoms in total. The van der Waals surface area contributed by atoms with Gasteiger partial charge in [0.05, 0.1) is 15.5 Å². The molecule has 0 amide bonds. The van der Waals surface area contributed by atoms with Crippen LogP contribution in [0.5, 0.6) is 0 Å². The van der Waals surface area contributed by atoms with Gasteiger partial charge in [-0.05, 0) is 46.8 Å². The van der Waals surface area contributed by atoms with E-state index in [1.807, 2.05) is 0 Å². The van der Waals surface area contributed by atoms with Crippen LogP contribution in [0.15, 0.2) is 53.7 Å². The number of hydrogen-bond acceptors (Lipinski definition) is 7. The Labute approximate surface area is 146 Å². The molecule has 0 atom stereocenters. The summed E-state index contributed by atoms with van der Waals surface area (Å²) in [5.41, 5.74) is 0.420. The maximum absolute atomic E-state index is 12.4. The van der Waals surface area contributed by atoms with Gasteiger partial charge in [0.2, 0.25) is 0 Å². The molecule has 3 aromatic rings. The van der Waals surface area contributed by atoms with E-state index in [1.54, 1.807) is 12.1 Å². The molecule has 0 aliphatic heterocycles. The van der Waals surface area contributed by atoms with Gasteiger partial charge >= 0.3 is 0 Å². The summed E-state index contributed by atoms with van der Waals surface area (Å²) in [6.07, 6.45) is 1.39. The fraction of sp³-hybridized carbons (Fsp3) is 0. The predicted molar refractivity (Wildman–Crippen MR) is 88.1 cm³/mol. The van der Waals surface area contributed by atoms with Crippen LogP contribution in [0, 0.1) is 10.1 Å². The van der Waals surface area contributed by atoms with Crippen molar-refractivity contribution in [2.24, 2.45) is 0 Å². The van der Waals surface area contributed by atoms with E-state index in [0.29, 0.717) is 5.69 Å². The zero-order chi connectivity index (χ0) is 18.0. The summed E-state index contributed by atoms with van der Waals surface area (Å²) in [5.74, 6) is 0. The number of halogens is 1. The molecule has 3 rings (SSSR count). The first-order chi connectivity index (χ1) is 11.9. The van der Waals surface area contributed by atoms with Crippen molar-refractivity contribution in [3.05, 3.63) is 63.9 Å². The lowest BCUT2D eigenvalue weighted by molar-refractivity contribution is -0.384. The Morgan fingerprint density at radius 2 is 1.88 bits per heavy atom. The summed E-state index contributed by atoms with van der Waals surface area (Å²) in [6, 6.07) is 9.50. The van der Waals surface area contributed by atoms with Crippen LogP contribution in [0.3, 0.4) is 0 Å². The van der Waals surface area contributed by atoms with Crippen molar-refractivity contribution in [3.63, 3.8) is 0 Å². The normalized spacial score (nSPS) is 11.2. The summed E-state index contributed by atoms with van der Waals surface area (Å²) in [4.78, 5) is 9.88. The number of hydrogen-bond donors (Lipinski definition) is 1. The summed E-state index contributed by atoms with van der Waals surface area (Å²) < 4.78 is 28.5. The Balaban J connectivity index is 1.86. The quantitative estimate of drug-likeness (QED) is 0.528. The third kappa shape index (κ3) is 3.56. The van der Waals surface area contributed by atoms with Crippen molar-refractivity contribution in [3.8, 4) is 5.69 Å². The first kappa shape index (κ1) is 16.8. The summed E-state index contributed by atoms with van der Waals surface area (Å²) in [5, 5.41) is 21.5. The molecule has 0 fully saturated rings. The summed E-state index contributed by atoms with van der Waals surface area (Å²) in [7, 11) is -4.01. The smallest absolute Gasteiger partial charge is 0.280 e. The second-order valence-corrected chi connectivity index (χ2v) is 6.87. The van der Waals surface area contributed by atoms with Crippen LogP contribution >= 0.6 is 11.6 Å². The van der Waals surface area contributed by atoms with E-state index in [9.17, 15) is 18.5 Å². The molecule has 0 unspecified atom stereocenters. The van der Waals surface area contributed by atoms with Crippen LogP contribution in [0.25, 0.3) is 5.69 Å². The van der Waals surface area contributed by atoms with Gasteiger partial charge in [0, 0.05) is 11.8 Å². The van der Waals surface area contributed by atoms with Crippen LogP contribution in [-0.4, -0.2) is 33.5 Å². The number of aromatic nitrogens is 4. The minimum Gasteiger partial charge on any atom is -0.280 e. The first-order valence-corrected chi connectivity index (χ1v) is 8.53. The average Bonchev–Trinajstić information content (AvgIpc) is 3.09. The van der Waals surface area contributed by atoms with Crippen molar-refractivity contribution in [2.45, 2.75) is 4.90 Å². The minimum absolute atomic E-state index is 0.144. The van der Waals surface area contributed by atoms with Crippen molar-refractivity contribution < 1.29 is 13.3 Å². The molecule has 1 heterocycles. The van der Waals surface area contributed by atoms with Gasteiger partial charge in [-0.15, -0.1) is 5.10 Å². The molecule has 0 saturated heterocycles. The van der Waals surface area contributed by atoms with E-state index in [1.165, 1.54) is 29.2 Å². The molecular formula is C13H9ClN6O4S. The highest BCUT2D eigenvalue weighted by Gasteiger charge is 2.20. The fourth-order valence-electron chi connectivity index (χ4n) is 1.98. The summed E-state index contributed by atoms with van der Waals surface area (Å²) >= 11 is 5.69. The van der Waals surface area contributed by atoms with Gasteiger partial charge in [0.15, 0.2) is 0 Å². The van der Waals surface area contributed by atoms with Gasteiger partial charge in [-0.25, -0.2) is 13.1 Å². The van der Waals surface area contributed by atoms with E-state index in [-0.39, 0.29) is 15.6 Å². The lowest BCUT2D eigenvalue weighted by atomic mass is 10.3. The van der Waals surface area contributed by atoms with Crippen molar-refractivity contribution in [1.29, 1.82) is 0 Å². The lowest BCUT2D eigenvalue weighted by Crippen LogP contribution is -2.13. The molecule has 0 bridgehead atoms. The zero-order valence-corrected chi connectivity index (χ0v) is 13.8. The van der Waals surface area contributed by atoms with Gasteiger partial charge in [0.25, 0.3) is 15.7 Å². The Bertz CT molecular complexity index is 1020. The molecule has 25 heavy (non-hydrogen) atoms. The molecule has 0 aliphatic carbocycles. The standard InChI is InChI=1S/C13H9ClN6O4S/c14-12-6-5-11(7-13(12)20(21)22)25(23,24)16-9-1-3-10(4-2-9)19-8-15-17-18-19/h1-8,16H. The molecule has 0 radical (unpaired) electrons. The first-order valence-electron chi connectivity index (χ1n) is 6.67. The number of tetrazole rings is 1. The Hall–Kier alpha value is -3.05. The Kier molecular flexibility index (Phi) is 4.33. The van der Waals surface area contributed by atoms with Crippen molar-refractivity contribution >= 4 is 33.0 Å². The molecule has 2 aromatic carbocycles. The number of nitro groups is 1. The van der Waals surface area contributed by atoms with E-state index >= 15 is 0 Å². The number of nitro benzene ring substituents is 1. The molecule has 128 valence electrons.